The van der Waals surface area contributed by atoms with Gasteiger partial charge in [-0.15, -0.1) is 0 Å². The summed E-state index contributed by atoms with van der Waals surface area (Å²) in [5, 5.41) is 8.06. The van der Waals surface area contributed by atoms with Crippen LogP contribution in [0, 0.1) is 12.8 Å². The van der Waals surface area contributed by atoms with Gasteiger partial charge in [0.15, 0.2) is 0 Å². The van der Waals surface area contributed by atoms with Crippen LogP contribution in [0.1, 0.15) is 58.3 Å². The maximum Gasteiger partial charge on any atom is 0.270 e. The van der Waals surface area contributed by atoms with Gasteiger partial charge < -0.3 is 10.1 Å². The number of benzene rings is 2. The lowest BCUT2D eigenvalue weighted by atomic mass is 9.95. The molecule has 1 aromatic heterocycles. The Morgan fingerprint density at radius 1 is 1.14 bits per heavy atom. The van der Waals surface area contributed by atoms with Gasteiger partial charge >= 0.3 is 0 Å². The van der Waals surface area contributed by atoms with E-state index in [1.165, 1.54) is 5.56 Å². The van der Waals surface area contributed by atoms with E-state index in [1.54, 1.807) is 7.11 Å². The van der Waals surface area contributed by atoms with Crippen LogP contribution in [0.2, 0.25) is 0 Å². The minimum atomic E-state index is -0.154. The first-order valence-electron chi connectivity index (χ1n) is 10.1. The third-order valence-corrected chi connectivity index (χ3v) is 5.37. The quantitative estimate of drug-likeness (QED) is 0.685. The highest BCUT2D eigenvalue weighted by Gasteiger charge is 2.37. The standard InChI is InChI=1S/C24H27N3O2/c1-15(2)13-19-21-22(17-11-9-16(3)10-12-17)25-24(28)23(21)27(26-19)14-18-7-5-6-8-20(18)29-4/h5-12,15,22H,13-14H2,1-4H3,(H,25,28). The maximum absolute atomic E-state index is 13.0. The van der Waals surface area contributed by atoms with Crippen molar-refractivity contribution in [2.45, 2.75) is 39.8 Å². The van der Waals surface area contributed by atoms with Crippen LogP contribution in [0.5, 0.6) is 5.75 Å². The summed E-state index contributed by atoms with van der Waals surface area (Å²) in [7, 11) is 1.66. The molecular weight excluding hydrogens is 362 g/mol. The minimum Gasteiger partial charge on any atom is -0.496 e. The highest BCUT2D eigenvalue weighted by molar-refractivity contribution is 5.98. The van der Waals surface area contributed by atoms with E-state index in [1.807, 2.05) is 28.9 Å². The molecule has 4 rings (SSSR count). The molecule has 1 atom stereocenters. The highest BCUT2D eigenvalue weighted by Crippen LogP contribution is 2.35. The van der Waals surface area contributed by atoms with Crippen LogP contribution >= 0.6 is 0 Å². The molecule has 1 aliphatic heterocycles. The van der Waals surface area contributed by atoms with E-state index in [9.17, 15) is 4.79 Å². The number of hydrogen-bond donors (Lipinski definition) is 1. The van der Waals surface area contributed by atoms with Gasteiger partial charge in [-0.05, 0) is 30.9 Å². The molecular formula is C24H27N3O2. The average molecular weight is 389 g/mol. The molecule has 0 aliphatic carbocycles. The lowest BCUT2D eigenvalue weighted by Crippen LogP contribution is -2.23. The van der Waals surface area contributed by atoms with E-state index >= 15 is 0 Å². The smallest absolute Gasteiger partial charge is 0.270 e. The van der Waals surface area contributed by atoms with Crippen molar-refractivity contribution in [3.8, 4) is 5.75 Å². The monoisotopic (exact) mass is 389 g/mol. The minimum absolute atomic E-state index is 0.0667. The van der Waals surface area contributed by atoms with Gasteiger partial charge in [0, 0.05) is 11.1 Å². The van der Waals surface area contributed by atoms with Crippen LogP contribution in [0.3, 0.4) is 0 Å². The van der Waals surface area contributed by atoms with Crippen molar-refractivity contribution >= 4 is 5.91 Å². The molecule has 3 aromatic rings. The second-order valence-electron chi connectivity index (χ2n) is 8.09. The number of aryl methyl sites for hydroxylation is 1. The third-order valence-electron chi connectivity index (χ3n) is 5.37. The number of fused-ring (bicyclic) bond motifs is 1. The first kappa shape index (κ1) is 19.2. The molecule has 150 valence electrons. The zero-order chi connectivity index (χ0) is 20.5. The van der Waals surface area contributed by atoms with Crippen LogP contribution < -0.4 is 10.1 Å². The number of rotatable bonds is 6. The maximum atomic E-state index is 13.0. The van der Waals surface area contributed by atoms with E-state index in [4.69, 9.17) is 9.84 Å². The molecule has 1 aliphatic rings. The first-order chi connectivity index (χ1) is 14.0. The number of nitrogens with zero attached hydrogens (tertiary/aromatic N) is 2. The number of carbonyl (C=O) groups is 1. The zero-order valence-electron chi connectivity index (χ0n) is 17.4. The molecule has 0 spiro atoms. The Kier molecular flexibility index (Phi) is 5.14. The van der Waals surface area contributed by atoms with Crippen molar-refractivity contribution in [2.75, 3.05) is 7.11 Å². The fourth-order valence-electron chi connectivity index (χ4n) is 4.00. The molecule has 0 saturated carbocycles. The summed E-state index contributed by atoms with van der Waals surface area (Å²) in [5.74, 6) is 1.18. The largest absolute Gasteiger partial charge is 0.496 e. The number of hydrogen-bond acceptors (Lipinski definition) is 3. The Bertz CT molecular complexity index is 1030. The highest BCUT2D eigenvalue weighted by atomic mass is 16.5. The normalized spacial score (nSPS) is 15.5. The number of para-hydroxylation sites is 1. The van der Waals surface area contributed by atoms with Gasteiger partial charge in [0.05, 0.1) is 25.4 Å². The van der Waals surface area contributed by atoms with E-state index < -0.39 is 0 Å². The molecule has 1 N–H and O–H groups in total. The number of amides is 1. The van der Waals surface area contributed by atoms with E-state index in [-0.39, 0.29) is 11.9 Å². The predicted octanol–water partition coefficient (Wildman–Crippen LogP) is 4.28. The van der Waals surface area contributed by atoms with E-state index in [0.717, 1.165) is 34.6 Å². The van der Waals surface area contributed by atoms with Crippen molar-refractivity contribution in [3.63, 3.8) is 0 Å². The molecule has 0 saturated heterocycles. The predicted molar refractivity (Wildman–Crippen MR) is 113 cm³/mol. The number of nitrogens with one attached hydrogen (secondary N) is 1. The van der Waals surface area contributed by atoms with Gasteiger partial charge in [0.25, 0.3) is 5.91 Å². The lowest BCUT2D eigenvalue weighted by molar-refractivity contribution is 0.0950. The molecule has 0 radical (unpaired) electrons. The van der Waals surface area contributed by atoms with Crippen molar-refractivity contribution in [3.05, 3.63) is 82.2 Å². The molecule has 5 heteroatoms. The fraction of sp³-hybridized carbons (Fsp3) is 0.333. The molecule has 0 bridgehead atoms. The van der Waals surface area contributed by atoms with Gasteiger partial charge in [0.1, 0.15) is 11.4 Å². The molecule has 29 heavy (non-hydrogen) atoms. The topological polar surface area (TPSA) is 56.2 Å². The second kappa shape index (κ2) is 7.74. The average Bonchev–Trinajstić information content (AvgIpc) is 3.21. The molecule has 2 aromatic carbocycles. The Morgan fingerprint density at radius 2 is 1.86 bits per heavy atom. The molecule has 5 nitrogen and oxygen atoms in total. The van der Waals surface area contributed by atoms with Crippen molar-refractivity contribution < 1.29 is 9.53 Å². The molecule has 1 amide bonds. The van der Waals surface area contributed by atoms with Crippen molar-refractivity contribution in [1.82, 2.24) is 15.1 Å². The van der Waals surface area contributed by atoms with Crippen LogP contribution in [0.15, 0.2) is 48.5 Å². The summed E-state index contributed by atoms with van der Waals surface area (Å²) < 4.78 is 7.34. The first-order valence-corrected chi connectivity index (χ1v) is 10.1. The summed E-state index contributed by atoms with van der Waals surface area (Å²) in [6.07, 6.45) is 0.832. The fourth-order valence-corrected chi connectivity index (χ4v) is 4.00. The second-order valence-corrected chi connectivity index (χ2v) is 8.09. The van der Waals surface area contributed by atoms with Crippen LogP contribution in [0.25, 0.3) is 0 Å². The Balaban J connectivity index is 1.80. The van der Waals surface area contributed by atoms with Gasteiger partial charge in [0.2, 0.25) is 0 Å². The van der Waals surface area contributed by atoms with E-state index in [0.29, 0.717) is 18.2 Å². The number of carbonyl (C=O) groups excluding carboxylic acids is 1. The van der Waals surface area contributed by atoms with Gasteiger partial charge in [-0.3, -0.25) is 9.48 Å². The molecule has 1 unspecified atom stereocenters. The summed E-state index contributed by atoms with van der Waals surface area (Å²) >= 11 is 0. The summed E-state index contributed by atoms with van der Waals surface area (Å²) in [4.78, 5) is 13.0. The third kappa shape index (κ3) is 3.65. The van der Waals surface area contributed by atoms with Crippen molar-refractivity contribution in [1.29, 1.82) is 0 Å². The lowest BCUT2D eigenvalue weighted by Gasteiger charge is -2.14. The molecule has 0 fully saturated rings. The van der Waals surface area contributed by atoms with Crippen molar-refractivity contribution in [2.24, 2.45) is 5.92 Å². The van der Waals surface area contributed by atoms with Crippen LogP contribution in [0.4, 0.5) is 0 Å². The van der Waals surface area contributed by atoms with Gasteiger partial charge in [-0.2, -0.15) is 5.10 Å². The van der Waals surface area contributed by atoms with Gasteiger partial charge in [-0.25, -0.2) is 0 Å². The Hall–Kier alpha value is -3.08. The van der Waals surface area contributed by atoms with Crippen LogP contribution in [-0.4, -0.2) is 22.8 Å². The SMILES string of the molecule is COc1ccccc1Cn1nc(CC(C)C)c2c1C(=O)NC2c1ccc(C)cc1. The zero-order valence-corrected chi connectivity index (χ0v) is 17.4. The van der Waals surface area contributed by atoms with Gasteiger partial charge in [-0.1, -0.05) is 61.9 Å². The number of aromatic nitrogens is 2. The Labute approximate surface area is 171 Å². The van der Waals surface area contributed by atoms with E-state index in [2.05, 4.69) is 50.4 Å². The summed E-state index contributed by atoms with van der Waals surface area (Å²) in [6, 6.07) is 16.1. The Morgan fingerprint density at radius 3 is 2.55 bits per heavy atom. The molecule has 2 heterocycles. The van der Waals surface area contributed by atoms with Crippen LogP contribution in [-0.2, 0) is 13.0 Å². The number of methoxy groups -OCH3 is 1. The number of ether oxygens (including phenoxy) is 1. The summed E-state index contributed by atoms with van der Waals surface area (Å²) in [6.45, 7) is 6.92. The summed E-state index contributed by atoms with van der Waals surface area (Å²) in [5.41, 5.74) is 5.97.